The highest BCUT2D eigenvalue weighted by Gasteiger charge is 2.23. The number of benzene rings is 2. The Morgan fingerprint density at radius 3 is 2.66 bits per heavy atom. The van der Waals surface area contributed by atoms with E-state index in [0.29, 0.717) is 53.5 Å². The monoisotopic (exact) mass is 439 g/mol. The first-order valence-electron chi connectivity index (χ1n) is 10.8. The molecule has 7 nitrogen and oxygen atoms in total. The van der Waals surface area contributed by atoms with E-state index in [2.05, 4.69) is 4.90 Å². The fourth-order valence-electron chi connectivity index (χ4n) is 3.91. The second-order valence-electron chi connectivity index (χ2n) is 8.07. The van der Waals surface area contributed by atoms with Gasteiger partial charge in [-0.05, 0) is 50.1 Å². The summed E-state index contributed by atoms with van der Waals surface area (Å²) in [5.41, 5.74) is 2.55. The zero-order valence-electron chi connectivity index (χ0n) is 19.0. The summed E-state index contributed by atoms with van der Waals surface area (Å²) in [4.78, 5) is 15.5. The fraction of sp³-hybridized carbons (Fsp3) is 0.400. The van der Waals surface area contributed by atoms with Crippen LogP contribution in [-0.4, -0.2) is 45.1 Å². The molecule has 0 amide bonds. The fourth-order valence-corrected chi connectivity index (χ4v) is 3.91. The van der Waals surface area contributed by atoms with Crippen molar-refractivity contribution < 1.29 is 23.4 Å². The number of rotatable bonds is 8. The lowest BCUT2D eigenvalue weighted by Crippen LogP contribution is -2.33. The second kappa shape index (κ2) is 9.63. The van der Waals surface area contributed by atoms with Gasteiger partial charge in [-0.3, -0.25) is 9.69 Å². The van der Waals surface area contributed by atoms with Crippen LogP contribution in [-0.2, 0) is 11.3 Å². The molecule has 0 saturated heterocycles. The third-order valence-electron chi connectivity index (χ3n) is 5.55. The Balaban J connectivity index is 1.63. The van der Waals surface area contributed by atoms with Crippen LogP contribution in [0.15, 0.2) is 45.8 Å². The van der Waals surface area contributed by atoms with Gasteiger partial charge in [0.05, 0.1) is 36.8 Å². The maximum atomic E-state index is 13.3. The standard InChI is InChI=1S/C25H29NO6/c1-16(2)30-11-5-10-26-13-19-21(32-15-26)9-7-18-24(27)20(14-31-25(18)19)17-6-8-22(28-3)23(12-17)29-4/h6-9,12,14,16H,5,10-11,13,15H2,1-4H3. The molecule has 1 aromatic heterocycles. The average molecular weight is 440 g/mol. The van der Waals surface area contributed by atoms with E-state index in [-0.39, 0.29) is 11.5 Å². The van der Waals surface area contributed by atoms with Gasteiger partial charge in [-0.1, -0.05) is 6.07 Å². The minimum atomic E-state index is -0.0938. The quantitative estimate of drug-likeness (QED) is 0.481. The van der Waals surface area contributed by atoms with Crippen LogP contribution in [0.1, 0.15) is 25.8 Å². The summed E-state index contributed by atoms with van der Waals surface area (Å²) in [5.74, 6) is 1.92. The van der Waals surface area contributed by atoms with Gasteiger partial charge in [-0.15, -0.1) is 0 Å². The van der Waals surface area contributed by atoms with Crippen LogP contribution in [0, 0.1) is 0 Å². The lowest BCUT2D eigenvalue weighted by molar-refractivity contribution is 0.0525. The van der Waals surface area contributed by atoms with Gasteiger partial charge >= 0.3 is 0 Å². The van der Waals surface area contributed by atoms with Gasteiger partial charge in [-0.2, -0.15) is 0 Å². The number of fused-ring (bicyclic) bond motifs is 3. The molecule has 0 fully saturated rings. The minimum Gasteiger partial charge on any atom is -0.493 e. The SMILES string of the molecule is COc1ccc(-c2coc3c4c(ccc3c2=O)OCN(CCCOC(C)C)C4)cc1OC. The highest BCUT2D eigenvalue weighted by atomic mass is 16.5. The van der Waals surface area contributed by atoms with E-state index in [1.807, 2.05) is 26.0 Å². The molecule has 0 spiro atoms. The molecule has 7 heteroatoms. The third-order valence-corrected chi connectivity index (χ3v) is 5.55. The first-order chi connectivity index (χ1) is 15.5. The maximum absolute atomic E-state index is 13.3. The molecule has 0 radical (unpaired) electrons. The van der Waals surface area contributed by atoms with E-state index in [1.165, 1.54) is 6.26 Å². The van der Waals surface area contributed by atoms with Crippen molar-refractivity contribution in [2.24, 2.45) is 0 Å². The van der Waals surface area contributed by atoms with Crippen molar-refractivity contribution in [3.63, 3.8) is 0 Å². The normalized spacial score (nSPS) is 13.8. The molecule has 3 aromatic rings. The van der Waals surface area contributed by atoms with Crippen LogP contribution in [0.3, 0.4) is 0 Å². The summed E-state index contributed by atoms with van der Waals surface area (Å²) < 4.78 is 28.2. The van der Waals surface area contributed by atoms with E-state index in [0.717, 1.165) is 24.3 Å². The Morgan fingerprint density at radius 2 is 1.91 bits per heavy atom. The average Bonchev–Trinajstić information content (AvgIpc) is 2.81. The lowest BCUT2D eigenvalue weighted by atomic mass is 10.0. The number of nitrogens with zero attached hydrogens (tertiary/aromatic N) is 1. The van der Waals surface area contributed by atoms with Crippen LogP contribution in [0.5, 0.6) is 17.2 Å². The summed E-state index contributed by atoms with van der Waals surface area (Å²) >= 11 is 0. The summed E-state index contributed by atoms with van der Waals surface area (Å²) in [6.07, 6.45) is 2.66. The van der Waals surface area contributed by atoms with Crippen LogP contribution in [0.25, 0.3) is 22.1 Å². The summed E-state index contributed by atoms with van der Waals surface area (Å²) in [5, 5.41) is 0.532. The molecule has 0 bridgehead atoms. The second-order valence-corrected chi connectivity index (χ2v) is 8.07. The number of hydrogen-bond donors (Lipinski definition) is 0. The molecule has 1 aliphatic heterocycles. The molecule has 170 valence electrons. The summed E-state index contributed by atoms with van der Waals surface area (Å²) in [6, 6.07) is 9.00. The first-order valence-corrected chi connectivity index (χ1v) is 10.8. The van der Waals surface area contributed by atoms with Crippen LogP contribution in [0.4, 0.5) is 0 Å². The Labute approximate surface area is 187 Å². The van der Waals surface area contributed by atoms with Gasteiger partial charge in [0.2, 0.25) is 5.43 Å². The zero-order chi connectivity index (χ0) is 22.7. The van der Waals surface area contributed by atoms with Crippen molar-refractivity contribution in [3.8, 4) is 28.4 Å². The van der Waals surface area contributed by atoms with E-state index in [4.69, 9.17) is 23.4 Å². The lowest BCUT2D eigenvalue weighted by Gasteiger charge is -2.29. The molecule has 2 heterocycles. The van der Waals surface area contributed by atoms with Crippen molar-refractivity contribution in [1.29, 1.82) is 0 Å². The van der Waals surface area contributed by atoms with Gasteiger partial charge < -0.3 is 23.4 Å². The van der Waals surface area contributed by atoms with Crippen LogP contribution < -0.4 is 19.6 Å². The zero-order valence-corrected chi connectivity index (χ0v) is 19.0. The molecule has 0 saturated carbocycles. The van der Waals surface area contributed by atoms with E-state index >= 15 is 0 Å². The summed E-state index contributed by atoms with van der Waals surface area (Å²) in [7, 11) is 3.14. The Hall–Kier alpha value is -3.03. The Kier molecular flexibility index (Phi) is 6.67. The molecule has 0 aliphatic carbocycles. The molecule has 32 heavy (non-hydrogen) atoms. The topological polar surface area (TPSA) is 70.4 Å². The van der Waals surface area contributed by atoms with Gasteiger partial charge in [0.1, 0.15) is 24.3 Å². The van der Waals surface area contributed by atoms with Crippen molar-refractivity contribution in [3.05, 3.63) is 52.4 Å². The predicted octanol–water partition coefficient (Wildman–Crippen LogP) is 4.44. The van der Waals surface area contributed by atoms with Crippen molar-refractivity contribution in [2.45, 2.75) is 32.9 Å². The number of ether oxygens (including phenoxy) is 4. The maximum Gasteiger partial charge on any atom is 0.200 e. The van der Waals surface area contributed by atoms with Crippen molar-refractivity contribution in [2.75, 3.05) is 34.1 Å². The van der Waals surface area contributed by atoms with Crippen LogP contribution in [0.2, 0.25) is 0 Å². The third kappa shape index (κ3) is 4.45. The largest absolute Gasteiger partial charge is 0.493 e. The number of hydrogen-bond acceptors (Lipinski definition) is 7. The highest BCUT2D eigenvalue weighted by Crippen LogP contribution is 2.34. The van der Waals surface area contributed by atoms with E-state index in [1.54, 1.807) is 32.4 Å². The van der Waals surface area contributed by atoms with Gasteiger partial charge in [0.25, 0.3) is 0 Å². The molecular formula is C25H29NO6. The van der Waals surface area contributed by atoms with Crippen molar-refractivity contribution >= 4 is 11.0 Å². The minimum absolute atomic E-state index is 0.0938. The molecule has 0 unspecified atom stereocenters. The Morgan fingerprint density at radius 1 is 1.09 bits per heavy atom. The predicted molar refractivity (Wildman–Crippen MR) is 123 cm³/mol. The number of methoxy groups -OCH3 is 2. The first kappa shape index (κ1) is 22.2. The van der Waals surface area contributed by atoms with E-state index in [9.17, 15) is 4.79 Å². The van der Waals surface area contributed by atoms with Crippen LogP contribution >= 0.6 is 0 Å². The van der Waals surface area contributed by atoms with Crippen molar-refractivity contribution in [1.82, 2.24) is 4.90 Å². The summed E-state index contributed by atoms with van der Waals surface area (Å²) in [6.45, 7) is 6.79. The molecule has 2 aromatic carbocycles. The van der Waals surface area contributed by atoms with Gasteiger partial charge in [0.15, 0.2) is 11.5 Å². The highest BCUT2D eigenvalue weighted by molar-refractivity contribution is 5.86. The van der Waals surface area contributed by atoms with Gasteiger partial charge in [0, 0.05) is 19.7 Å². The molecule has 0 N–H and O–H groups in total. The van der Waals surface area contributed by atoms with E-state index < -0.39 is 0 Å². The molecular weight excluding hydrogens is 410 g/mol. The molecule has 4 rings (SSSR count). The Bertz CT molecular complexity index is 1150. The molecule has 1 aliphatic rings. The van der Waals surface area contributed by atoms with Gasteiger partial charge in [-0.25, -0.2) is 0 Å². The smallest absolute Gasteiger partial charge is 0.200 e. The molecule has 0 atom stereocenters.